The molecule has 3 rings (SSSR count). The second kappa shape index (κ2) is 10.3. The van der Waals surface area contributed by atoms with Crippen molar-refractivity contribution in [1.82, 2.24) is 0 Å². The van der Waals surface area contributed by atoms with Crippen LogP contribution in [-0.4, -0.2) is 41.2 Å². The first kappa shape index (κ1) is 23.3. The minimum Gasteiger partial charge on any atom is -0.479 e. The third-order valence-electron chi connectivity index (χ3n) is 5.31. The van der Waals surface area contributed by atoms with Gasteiger partial charge in [-0.1, -0.05) is 31.4 Å². The summed E-state index contributed by atoms with van der Waals surface area (Å²) in [7, 11) is 0. The van der Waals surface area contributed by atoms with Crippen molar-refractivity contribution in [3.05, 3.63) is 33.6 Å². The minimum absolute atomic E-state index is 0.00840. The first-order chi connectivity index (χ1) is 14.8. The van der Waals surface area contributed by atoms with Crippen LogP contribution < -0.4 is 9.64 Å². The van der Waals surface area contributed by atoms with Crippen molar-refractivity contribution in [2.45, 2.75) is 39.0 Å². The number of aliphatic carboxylic acids is 1. The van der Waals surface area contributed by atoms with Gasteiger partial charge in [-0.2, -0.15) is 0 Å². The maximum Gasteiger partial charge on any atom is 0.349 e. The number of hydrogen-bond acceptors (Lipinski definition) is 5. The SMILES string of the molecule is CC(=O)N(CC1CCCCC1)c1cccc(-c2sc(C(=O)O)c(OCC(=O)O)c2Br)c1. The van der Waals surface area contributed by atoms with E-state index in [0.717, 1.165) is 35.4 Å². The number of benzene rings is 1. The number of hydrogen-bond donors (Lipinski definition) is 2. The van der Waals surface area contributed by atoms with Crippen molar-refractivity contribution in [2.75, 3.05) is 18.1 Å². The molecule has 0 unspecified atom stereocenters. The fourth-order valence-electron chi connectivity index (χ4n) is 3.84. The topological polar surface area (TPSA) is 104 Å². The van der Waals surface area contributed by atoms with E-state index in [9.17, 15) is 19.5 Å². The highest BCUT2D eigenvalue weighted by Gasteiger charge is 2.25. The molecule has 1 aliphatic carbocycles. The van der Waals surface area contributed by atoms with E-state index >= 15 is 0 Å². The summed E-state index contributed by atoms with van der Waals surface area (Å²) in [6.45, 7) is 1.57. The van der Waals surface area contributed by atoms with Crippen molar-refractivity contribution in [3.8, 4) is 16.2 Å². The van der Waals surface area contributed by atoms with Gasteiger partial charge in [0.2, 0.25) is 5.91 Å². The van der Waals surface area contributed by atoms with E-state index in [1.54, 1.807) is 11.8 Å². The molecular weight excluding hydrogens is 486 g/mol. The number of rotatable bonds is 8. The molecule has 1 aromatic heterocycles. The zero-order chi connectivity index (χ0) is 22.5. The lowest BCUT2D eigenvalue weighted by Gasteiger charge is -2.29. The Kier molecular flexibility index (Phi) is 7.72. The Morgan fingerprint density at radius 1 is 1.19 bits per heavy atom. The van der Waals surface area contributed by atoms with E-state index in [1.807, 2.05) is 24.3 Å². The number of ether oxygens (including phenoxy) is 1. The van der Waals surface area contributed by atoms with Gasteiger partial charge in [0.05, 0.1) is 9.35 Å². The predicted octanol–water partition coefficient (Wildman–Crippen LogP) is 5.27. The van der Waals surface area contributed by atoms with Crippen LogP contribution in [0.25, 0.3) is 10.4 Å². The van der Waals surface area contributed by atoms with Crippen LogP contribution in [0, 0.1) is 5.92 Å². The first-order valence-corrected chi connectivity index (χ1v) is 11.7. The summed E-state index contributed by atoms with van der Waals surface area (Å²) in [5.41, 5.74) is 1.47. The Balaban J connectivity index is 1.94. The van der Waals surface area contributed by atoms with E-state index in [4.69, 9.17) is 9.84 Å². The number of carboxylic acids is 2. The van der Waals surface area contributed by atoms with Crippen LogP contribution in [0.1, 0.15) is 48.7 Å². The van der Waals surface area contributed by atoms with E-state index in [-0.39, 0.29) is 16.5 Å². The molecule has 0 atom stereocenters. The van der Waals surface area contributed by atoms with Crippen LogP contribution in [0.15, 0.2) is 28.7 Å². The van der Waals surface area contributed by atoms with Crippen LogP contribution in [0.5, 0.6) is 5.75 Å². The average molecular weight is 510 g/mol. The van der Waals surface area contributed by atoms with Crippen molar-refractivity contribution in [1.29, 1.82) is 0 Å². The lowest BCUT2D eigenvalue weighted by Crippen LogP contribution is -2.34. The number of anilines is 1. The van der Waals surface area contributed by atoms with E-state index in [1.165, 1.54) is 19.3 Å². The number of thiophene rings is 1. The molecule has 0 radical (unpaired) electrons. The number of carbonyl (C=O) groups excluding carboxylic acids is 1. The van der Waals surface area contributed by atoms with E-state index in [2.05, 4.69) is 15.9 Å². The highest BCUT2D eigenvalue weighted by molar-refractivity contribution is 9.10. The summed E-state index contributed by atoms with van der Waals surface area (Å²) >= 11 is 4.37. The summed E-state index contributed by atoms with van der Waals surface area (Å²) in [5, 5.41) is 18.4. The van der Waals surface area contributed by atoms with Gasteiger partial charge in [0.25, 0.3) is 0 Å². The molecule has 9 heteroatoms. The third kappa shape index (κ3) is 5.65. The maximum atomic E-state index is 12.4. The summed E-state index contributed by atoms with van der Waals surface area (Å²) in [6, 6.07) is 7.38. The normalized spacial score (nSPS) is 14.3. The standard InChI is InChI=1S/C22H24BrNO6S/c1-13(25)24(11-14-6-3-2-4-7-14)16-9-5-8-15(10-16)20-18(23)19(30-12-17(26)27)21(31-20)22(28)29/h5,8-10,14H,2-4,6-7,11-12H2,1H3,(H,26,27)(H,28,29). The highest BCUT2D eigenvalue weighted by atomic mass is 79.9. The molecule has 31 heavy (non-hydrogen) atoms. The summed E-state index contributed by atoms with van der Waals surface area (Å²) < 4.78 is 5.61. The molecule has 1 aliphatic rings. The van der Waals surface area contributed by atoms with Crippen LogP contribution in [0.2, 0.25) is 0 Å². The van der Waals surface area contributed by atoms with E-state index < -0.39 is 18.5 Å². The maximum absolute atomic E-state index is 12.4. The number of amides is 1. The molecule has 0 aliphatic heterocycles. The van der Waals surface area contributed by atoms with Crippen molar-refractivity contribution in [2.24, 2.45) is 5.92 Å². The molecule has 2 N–H and O–H groups in total. The smallest absolute Gasteiger partial charge is 0.349 e. The zero-order valence-corrected chi connectivity index (χ0v) is 19.5. The highest BCUT2D eigenvalue weighted by Crippen LogP contribution is 2.46. The van der Waals surface area contributed by atoms with Gasteiger partial charge in [-0.15, -0.1) is 11.3 Å². The van der Waals surface area contributed by atoms with E-state index in [0.29, 0.717) is 21.8 Å². The number of carbonyl (C=O) groups is 3. The predicted molar refractivity (Wildman–Crippen MR) is 122 cm³/mol. The molecule has 1 amide bonds. The fraction of sp³-hybridized carbons (Fsp3) is 0.409. The number of aromatic carboxylic acids is 1. The third-order valence-corrected chi connectivity index (χ3v) is 7.54. The van der Waals surface area contributed by atoms with Gasteiger partial charge in [-0.3, -0.25) is 4.79 Å². The zero-order valence-electron chi connectivity index (χ0n) is 17.1. The Morgan fingerprint density at radius 3 is 2.52 bits per heavy atom. The van der Waals surface area contributed by atoms with Crippen LogP contribution in [0.3, 0.4) is 0 Å². The minimum atomic E-state index is -1.20. The average Bonchev–Trinajstić information content (AvgIpc) is 3.07. The van der Waals surface area contributed by atoms with Gasteiger partial charge >= 0.3 is 11.9 Å². The van der Waals surface area contributed by atoms with Gasteiger partial charge in [-0.25, -0.2) is 9.59 Å². The van der Waals surface area contributed by atoms with Gasteiger partial charge < -0.3 is 19.8 Å². The van der Waals surface area contributed by atoms with Crippen LogP contribution in [-0.2, 0) is 9.59 Å². The summed E-state index contributed by atoms with van der Waals surface area (Å²) in [5.74, 6) is -1.96. The number of nitrogens with zero attached hydrogens (tertiary/aromatic N) is 1. The molecule has 2 aromatic rings. The Labute approximate surface area is 192 Å². The monoisotopic (exact) mass is 509 g/mol. The molecule has 0 bridgehead atoms. The Bertz CT molecular complexity index is 982. The van der Waals surface area contributed by atoms with Crippen LogP contribution in [0.4, 0.5) is 5.69 Å². The van der Waals surface area contributed by atoms with Crippen molar-refractivity contribution in [3.63, 3.8) is 0 Å². The molecule has 0 spiro atoms. The second-order valence-electron chi connectivity index (χ2n) is 7.57. The molecule has 0 saturated heterocycles. The molecule has 1 heterocycles. The van der Waals surface area contributed by atoms with Gasteiger partial charge in [0, 0.05) is 19.2 Å². The number of halogens is 1. The molecular formula is C22H24BrNO6S. The molecule has 1 aromatic carbocycles. The summed E-state index contributed by atoms with van der Waals surface area (Å²) in [4.78, 5) is 37.2. The quantitative estimate of drug-likeness (QED) is 0.501. The van der Waals surface area contributed by atoms with Crippen molar-refractivity contribution >= 4 is 50.8 Å². The lowest BCUT2D eigenvalue weighted by atomic mass is 9.89. The lowest BCUT2D eigenvalue weighted by molar-refractivity contribution is -0.139. The van der Waals surface area contributed by atoms with Crippen LogP contribution >= 0.6 is 27.3 Å². The summed E-state index contributed by atoms with van der Waals surface area (Å²) in [6.07, 6.45) is 5.86. The fourth-order valence-corrected chi connectivity index (χ4v) is 5.73. The second-order valence-corrected chi connectivity index (χ2v) is 9.39. The molecule has 7 nitrogen and oxygen atoms in total. The Morgan fingerprint density at radius 2 is 1.90 bits per heavy atom. The first-order valence-electron chi connectivity index (χ1n) is 10.1. The molecule has 1 saturated carbocycles. The van der Waals surface area contributed by atoms with Gasteiger partial charge in [0.1, 0.15) is 0 Å². The largest absolute Gasteiger partial charge is 0.479 e. The van der Waals surface area contributed by atoms with Gasteiger partial charge in [0.15, 0.2) is 17.2 Å². The molecule has 166 valence electrons. The molecule has 1 fully saturated rings. The van der Waals surface area contributed by atoms with Crippen molar-refractivity contribution < 1.29 is 29.3 Å². The Hall–Kier alpha value is -2.39. The number of carboxylic acid groups (broad SMARTS) is 2. The van der Waals surface area contributed by atoms with Gasteiger partial charge in [-0.05, 0) is 52.4 Å².